The maximum Gasteiger partial charge on any atom is 0.238 e. The largest absolute Gasteiger partial charge is 0.399 e. The highest BCUT2D eigenvalue weighted by molar-refractivity contribution is 8.00. The van der Waals surface area contributed by atoms with Crippen molar-refractivity contribution in [2.75, 3.05) is 18.9 Å². The molecule has 18 heavy (non-hydrogen) atoms. The molecule has 0 aliphatic carbocycles. The SMILES string of the molecule is Nc1cc(SC2CCOCC2)cc(S(N)(=O)=O)c1. The summed E-state index contributed by atoms with van der Waals surface area (Å²) in [5.74, 6) is 0. The van der Waals surface area contributed by atoms with Gasteiger partial charge in [-0.1, -0.05) is 0 Å². The number of thioether (sulfide) groups is 1. The van der Waals surface area contributed by atoms with Gasteiger partial charge in [0, 0.05) is 29.0 Å². The first kappa shape index (κ1) is 13.7. The molecule has 0 amide bonds. The number of rotatable bonds is 3. The number of nitrogen functional groups attached to an aromatic ring is 1. The Morgan fingerprint density at radius 1 is 1.22 bits per heavy atom. The minimum Gasteiger partial charge on any atom is -0.399 e. The molecule has 0 atom stereocenters. The summed E-state index contributed by atoms with van der Waals surface area (Å²) in [6, 6.07) is 4.73. The first-order chi connectivity index (χ1) is 8.45. The van der Waals surface area contributed by atoms with Gasteiger partial charge in [-0.05, 0) is 31.0 Å². The van der Waals surface area contributed by atoms with E-state index in [1.807, 2.05) is 0 Å². The second-order valence-electron chi connectivity index (χ2n) is 4.21. The fourth-order valence-corrected chi connectivity index (χ4v) is 3.69. The van der Waals surface area contributed by atoms with Gasteiger partial charge in [-0.3, -0.25) is 0 Å². The van der Waals surface area contributed by atoms with Crippen molar-refractivity contribution in [3.63, 3.8) is 0 Å². The van der Waals surface area contributed by atoms with E-state index in [4.69, 9.17) is 15.6 Å². The summed E-state index contributed by atoms with van der Waals surface area (Å²) in [5, 5.41) is 5.55. The predicted molar refractivity (Wildman–Crippen MR) is 71.9 cm³/mol. The Kier molecular flexibility index (Phi) is 4.16. The Balaban J connectivity index is 2.20. The van der Waals surface area contributed by atoms with Crippen molar-refractivity contribution in [2.24, 2.45) is 5.14 Å². The minimum atomic E-state index is -3.71. The summed E-state index contributed by atoms with van der Waals surface area (Å²) >= 11 is 1.63. The van der Waals surface area contributed by atoms with Gasteiger partial charge in [0.1, 0.15) is 0 Å². The van der Waals surface area contributed by atoms with E-state index in [0.717, 1.165) is 31.0 Å². The van der Waals surface area contributed by atoms with Gasteiger partial charge in [0.15, 0.2) is 0 Å². The zero-order valence-electron chi connectivity index (χ0n) is 9.83. The maximum absolute atomic E-state index is 11.3. The van der Waals surface area contributed by atoms with Crippen LogP contribution < -0.4 is 10.9 Å². The van der Waals surface area contributed by atoms with Gasteiger partial charge in [-0.15, -0.1) is 11.8 Å². The summed E-state index contributed by atoms with van der Waals surface area (Å²) in [7, 11) is -3.71. The number of nitrogens with two attached hydrogens (primary N) is 2. The van der Waals surface area contributed by atoms with E-state index < -0.39 is 10.0 Å². The van der Waals surface area contributed by atoms with Crippen molar-refractivity contribution in [1.29, 1.82) is 0 Å². The zero-order chi connectivity index (χ0) is 13.2. The molecule has 0 radical (unpaired) electrons. The Hall–Kier alpha value is -0.760. The Bertz CT molecular complexity index is 525. The first-order valence-electron chi connectivity index (χ1n) is 5.63. The lowest BCUT2D eigenvalue weighted by Gasteiger charge is -2.21. The molecule has 4 N–H and O–H groups in total. The van der Waals surface area contributed by atoms with Crippen LogP contribution in [0.3, 0.4) is 0 Å². The molecular formula is C11H16N2O3S2. The van der Waals surface area contributed by atoms with Crippen LogP contribution in [0.1, 0.15) is 12.8 Å². The van der Waals surface area contributed by atoms with E-state index >= 15 is 0 Å². The third kappa shape index (κ3) is 3.61. The van der Waals surface area contributed by atoms with Gasteiger partial charge < -0.3 is 10.5 Å². The molecular weight excluding hydrogens is 272 g/mol. The number of hydrogen-bond donors (Lipinski definition) is 2. The monoisotopic (exact) mass is 288 g/mol. The van der Waals surface area contributed by atoms with Crippen molar-refractivity contribution in [3.05, 3.63) is 18.2 Å². The lowest BCUT2D eigenvalue weighted by Crippen LogP contribution is -2.17. The van der Waals surface area contributed by atoms with Crippen LogP contribution in [0.15, 0.2) is 28.0 Å². The number of hydrogen-bond acceptors (Lipinski definition) is 5. The van der Waals surface area contributed by atoms with E-state index in [1.54, 1.807) is 23.9 Å². The maximum atomic E-state index is 11.3. The van der Waals surface area contributed by atoms with Crippen molar-refractivity contribution < 1.29 is 13.2 Å². The van der Waals surface area contributed by atoms with Crippen LogP contribution in [0.2, 0.25) is 0 Å². The van der Waals surface area contributed by atoms with E-state index in [-0.39, 0.29) is 4.90 Å². The molecule has 100 valence electrons. The molecule has 1 saturated heterocycles. The fraction of sp³-hybridized carbons (Fsp3) is 0.455. The normalized spacial score (nSPS) is 17.8. The third-order valence-electron chi connectivity index (χ3n) is 2.70. The van der Waals surface area contributed by atoms with Crippen molar-refractivity contribution in [2.45, 2.75) is 27.9 Å². The summed E-state index contributed by atoms with van der Waals surface area (Å²) < 4.78 is 27.9. The van der Waals surface area contributed by atoms with Gasteiger partial charge in [0.05, 0.1) is 4.90 Å². The number of ether oxygens (including phenoxy) is 1. The van der Waals surface area contributed by atoms with Crippen LogP contribution in [-0.2, 0) is 14.8 Å². The molecule has 7 heteroatoms. The van der Waals surface area contributed by atoms with Gasteiger partial charge in [-0.2, -0.15) is 0 Å². The average Bonchev–Trinajstić information content (AvgIpc) is 2.28. The molecule has 0 unspecified atom stereocenters. The van der Waals surface area contributed by atoms with Gasteiger partial charge >= 0.3 is 0 Å². The summed E-state index contributed by atoms with van der Waals surface area (Å²) in [6.45, 7) is 1.50. The van der Waals surface area contributed by atoms with Gasteiger partial charge in [0.2, 0.25) is 10.0 Å². The lowest BCUT2D eigenvalue weighted by molar-refractivity contribution is 0.100. The number of sulfonamides is 1. The van der Waals surface area contributed by atoms with Crippen molar-refractivity contribution in [1.82, 2.24) is 0 Å². The third-order valence-corrected chi connectivity index (χ3v) is 4.91. The molecule has 0 saturated carbocycles. The molecule has 1 aromatic rings. The lowest BCUT2D eigenvalue weighted by atomic mass is 10.2. The molecule has 5 nitrogen and oxygen atoms in total. The van der Waals surface area contributed by atoms with Crippen LogP contribution in [0.5, 0.6) is 0 Å². The number of benzene rings is 1. The zero-order valence-corrected chi connectivity index (χ0v) is 11.5. The predicted octanol–water partition coefficient (Wildman–Crippen LogP) is 1.19. The standard InChI is InChI=1S/C11H16N2O3S2/c12-8-5-10(7-11(6-8)18(13,14)15)17-9-1-3-16-4-2-9/h5-7,9H,1-4,12H2,(H2,13,14,15). The molecule has 1 fully saturated rings. The molecule has 1 aliphatic heterocycles. The first-order valence-corrected chi connectivity index (χ1v) is 8.05. The number of anilines is 1. The molecule has 0 bridgehead atoms. The van der Waals surface area contributed by atoms with E-state index in [9.17, 15) is 8.42 Å². The van der Waals surface area contributed by atoms with Crippen LogP contribution in [0.25, 0.3) is 0 Å². The minimum absolute atomic E-state index is 0.0667. The van der Waals surface area contributed by atoms with Crippen LogP contribution in [0.4, 0.5) is 5.69 Å². The second kappa shape index (κ2) is 5.48. The van der Waals surface area contributed by atoms with Crippen molar-refractivity contribution >= 4 is 27.5 Å². The van der Waals surface area contributed by atoms with Crippen LogP contribution in [-0.4, -0.2) is 26.9 Å². The summed E-state index contributed by atoms with van der Waals surface area (Å²) in [4.78, 5) is 0.906. The quantitative estimate of drug-likeness (QED) is 0.814. The number of primary sulfonamides is 1. The topological polar surface area (TPSA) is 95.4 Å². The van der Waals surface area contributed by atoms with Crippen LogP contribution >= 0.6 is 11.8 Å². The Morgan fingerprint density at radius 2 is 1.89 bits per heavy atom. The highest BCUT2D eigenvalue weighted by Crippen LogP contribution is 2.32. The smallest absolute Gasteiger partial charge is 0.238 e. The molecule has 1 aromatic carbocycles. The summed E-state index contributed by atoms with van der Waals surface area (Å²) in [6.07, 6.45) is 1.92. The van der Waals surface area contributed by atoms with Crippen LogP contribution in [0, 0.1) is 0 Å². The highest BCUT2D eigenvalue weighted by atomic mass is 32.2. The highest BCUT2D eigenvalue weighted by Gasteiger charge is 2.17. The summed E-state index contributed by atoms with van der Waals surface area (Å²) in [5.41, 5.74) is 6.12. The molecule has 0 aromatic heterocycles. The molecule has 1 aliphatic rings. The van der Waals surface area contributed by atoms with E-state index in [0.29, 0.717) is 10.9 Å². The van der Waals surface area contributed by atoms with E-state index in [1.165, 1.54) is 6.07 Å². The van der Waals surface area contributed by atoms with Crippen molar-refractivity contribution in [3.8, 4) is 0 Å². The van der Waals surface area contributed by atoms with Gasteiger partial charge in [0.25, 0.3) is 0 Å². The average molecular weight is 288 g/mol. The Labute approximate surface area is 111 Å². The molecule has 2 rings (SSSR count). The molecule has 1 heterocycles. The fourth-order valence-electron chi connectivity index (χ4n) is 1.81. The Morgan fingerprint density at radius 3 is 2.50 bits per heavy atom. The van der Waals surface area contributed by atoms with Gasteiger partial charge in [-0.25, -0.2) is 13.6 Å². The second-order valence-corrected chi connectivity index (χ2v) is 7.15. The van der Waals surface area contributed by atoms with E-state index in [2.05, 4.69) is 0 Å². The molecule has 0 spiro atoms.